The van der Waals surface area contributed by atoms with E-state index in [1.807, 2.05) is 0 Å². The molecule has 1 unspecified atom stereocenters. The lowest BCUT2D eigenvalue weighted by atomic mass is 10.0. The van der Waals surface area contributed by atoms with Crippen molar-refractivity contribution in [1.29, 1.82) is 0 Å². The summed E-state index contributed by atoms with van der Waals surface area (Å²) in [4.78, 5) is 13.4. The van der Waals surface area contributed by atoms with Gasteiger partial charge in [0.05, 0.1) is 12.5 Å². The fraction of sp³-hybridized carbons (Fsp3) is 0.889. The molecular formula is C9H15NO2. The molecule has 2 aliphatic rings. The minimum Gasteiger partial charge on any atom is -0.465 e. The van der Waals surface area contributed by atoms with Crippen LogP contribution in [0.25, 0.3) is 0 Å². The molecule has 0 radical (unpaired) electrons. The van der Waals surface area contributed by atoms with E-state index in [-0.39, 0.29) is 11.9 Å². The van der Waals surface area contributed by atoms with Crippen molar-refractivity contribution in [2.75, 3.05) is 26.2 Å². The Kier molecular flexibility index (Phi) is 2.30. The lowest BCUT2D eigenvalue weighted by Crippen LogP contribution is -2.38. The maximum Gasteiger partial charge on any atom is 0.309 e. The first-order valence-electron chi connectivity index (χ1n) is 4.75. The van der Waals surface area contributed by atoms with E-state index in [9.17, 15) is 4.79 Å². The lowest BCUT2D eigenvalue weighted by molar-refractivity contribution is -0.141. The lowest BCUT2D eigenvalue weighted by Gasteiger charge is -2.31. The molecular weight excluding hydrogens is 154 g/mol. The van der Waals surface area contributed by atoms with Crippen molar-refractivity contribution in [2.45, 2.75) is 19.3 Å². The van der Waals surface area contributed by atoms with Gasteiger partial charge in [0.15, 0.2) is 0 Å². The van der Waals surface area contributed by atoms with Crippen LogP contribution in [0, 0.1) is 5.92 Å². The number of likely N-dealkylation sites (tertiary alicyclic amines) is 1. The average Bonchev–Trinajstić information content (AvgIpc) is 2.33. The van der Waals surface area contributed by atoms with Crippen LogP contribution in [0.3, 0.4) is 0 Å². The van der Waals surface area contributed by atoms with Crippen molar-refractivity contribution < 1.29 is 9.53 Å². The molecule has 0 aromatic carbocycles. The van der Waals surface area contributed by atoms with Crippen LogP contribution in [0.1, 0.15) is 19.3 Å². The Balaban J connectivity index is 1.68. The van der Waals surface area contributed by atoms with Crippen LogP contribution in [0.4, 0.5) is 0 Å². The van der Waals surface area contributed by atoms with Crippen molar-refractivity contribution in [2.24, 2.45) is 5.92 Å². The van der Waals surface area contributed by atoms with E-state index in [1.165, 1.54) is 19.5 Å². The van der Waals surface area contributed by atoms with Gasteiger partial charge in [-0.25, -0.2) is 0 Å². The monoisotopic (exact) mass is 169 g/mol. The van der Waals surface area contributed by atoms with Crippen molar-refractivity contribution in [3.8, 4) is 0 Å². The Hall–Kier alpha value is -0.570. The zero-order valence-corrected chi connectivity index (χ0v) is 7.29. The van der Waals surface area contributed by atoms with Gasteiger partial charge in [-0.2, -0.15) is 0 Å². The van der Waals surface area contributed by atoms with Gasteiger partial charge in [0.2, 0.25) is 0 Å². The fourth-order valence-electron chi connectivity index (χ4n) is 1.74. The third-order valence-electron chi connectivity index (χ3n) is 2.79. The highest BCUT2D eigenvalue weighted by Gasteiger charge is 2.27. The van der Waals surface area contributed by atoms with Crippen LogP contribution < -0.4 is 0 Å². The zero-order valence-electron chi connectivity index (χ0n) is 7.29. The summed E-state index contributed by atoms with van der Waals surface area (Å²) in [6.07, 6.45) is 3.26. The molecule has 0 aromatic heterocycles. The molecule has 0 N–H and O–H groups in total. The first kappa shape index (κ1) is 8.05. The summed E-state index contributed by atoms with van der Waals surface area (Å²) in [5.74, 6) is 0.223. The number of rotatable bonds is 3. The topological polar surface area (TPSA) is 29.5 Å². The summed E-state index contributed by atoms with van der Waals surface area (Å²) in [5.41, 5.74) is 0. The van der Waals surface area contributed by atoms with Gasteiger partial charge >= 0.3 is 5.97 Å². The molecule has 0 bridgehead atoms. The number of carbonyl (C=O) groups is 1. The predicted octanol–water partition coefficient (Wildman–Crippen LogP) is 0.645. The summed E-state index contributed by atoms with van der Waals surface area (Å²) in [6.45, 7) is 4.17. The maximum absolute atomic E-state index is 11.1. The highest BCUT2D eigenvalue weighted by molar-refractivity contribution is 5.74. The Morgan fingerprint density at radius 3 is 2.83 bits per heavy atom. The third-order valence-corrected chi connectivity index (χ3v) is 2.79. The summed E-state index contributed by atoms with van der Waals surface area (Å²) < 4.78 is 4.89. The van der Waals surface area contributed by atoms with Crippen molar-refractivity contribution in [1.82, 2.24) is 4.90 Å². The molecule has 0 saturated carbocycles. The SMILES string of the molecule is O=C1OCCC1CCN1CCC1. The first-order chi connectivity index (χ1) is 5.86. The highest BCUT2D eigenvalue weighted by atomic mass is 16.5. The molecule has 3 heteroatoms. The summed E-state index contributed by atoms with van der Waals surface area (Å²) in [6, 6.07) is 0. The Labute approximate surface area is 72.7 Å². The van der Waals surface area contributed by atoms with Crippen LogP contribution >= 0.6 is 0 Å². The molecule has 0 aliphatic carbocycles. The smallest absolute Gasteiger partial charge is 0.309 e. The minimum absolute atomic E-state index is 0.0236. The summed E-state index contributed by atoms with van der Waals surface area (Å²) >= 11 is 0. The molecule has 1 atom stereocenters. The van der Waals surface area contributed by atoms with Gasteiger partial charge in [-0.1, -0.05) is 0 Å². The van der Waals surface area contributed by atoms with Crippen molar-refractivity contribution >= 4 is 5.97 Å². The van der Waals surface area contributed by atoms with E-state index in [4.69, 9.17) is 4.74 Å². The zero-order chi connectivity index (χ0) is 8.39. The average molecular weight is 169 g/mol. The molecule has 0 spiro atoms. The second-order valence-electron chi connectivity index (χ2n) is 3.64. The number of hydrogen-bond donors (Lipinski definition) is 0. The van der Waals surface area contributed by atoms with E-state index >= 15 is 0 Å². The van der Waals surface area contributed by atoms with Crippen LogP contribution in [0.5, 0.6) is 0 Å². The molecule has 2 fully saturated rings. The van der Waals surface area contributed by atoms with Gasteiger partial charge in [0.25, 0.3) is 0 Å². The van der Waals surface area contributed by atoms with Crippen LogP contribution in [0.2, 0.25) is 0 Å². The van der Waals surface area contributed by atoms with Crippen LogP contribution in [-0.2, 0) is 9.53 Å². The second kappa shape index (κ2) is 3.44. The molecule has 0 amide bonds. The summed E-state index contributed by atoms with van der Waals surface area (Å²) in [7, 11) is 0. The number of ether oxygens (including phenoxy) is 1. The maximum atomic E-state index is 11.1. The molecule has 3 nitrogen and oxygen atoms in total. The molecule has 2 aliphatic heterocycles. The number of cyclic esters (lactones) is 1. The fourth-order valence-corrected chi connectivity index (χ4v) is 1.74. The van der Waals surface area contributed by atoms with E-state index in [0.29, 0.717) is 6.61 Å². The standard InChI is InChI=1S/C9H15NO2/c11-9-8(3-7-12-9)2-6-10-4-1-5-10/h8H,1-7H2. The van der Waals surface area contributed by atoms with Gasteiger partial charge in [-0.05, 0) is 38.9 Å². The third kappa shape index (κ3) is 1.61. The normalized spacial score (nSPS) is 30.0. The number of hydrogen-bond acceptors (Lipinski definition) is 3. The van der Waals surface area contributed by atoms with Gasteiger partial charge in [-0.3, -0.25) is 4.79 Å². The Morgan fingerprint density at radius 1 is 1.50 bits per heavy atom. The van der Waals surface area contributed by atoms with Crippen molar-refractivity contribution in [3.05, 3.63) is 0 Å². The highest BCUT2D eigenvalue weighted by Crippen LogP contribution is 2.19. The van der Waals surface area contributed by atoms with Gasteiger partial charge in [0, 0.05) is 0 Å². The van der Waals surface area contributed by atoms with Gasteiger partial charge in [-0.15, -0.1) is 0 Å². The number of nitrogens with zero attached hydrogens (tertiary/aromatic N) is 1. The quantitative estimate of drug-likeness (QED) is 0.581. The molecule has 2 saturated heterocycles. The Bertz CT molecular complexity index is 177. The first-order valence-corrected chi connectivity index (χ1v) is 4.75. The molecule has 2 rings (SSSR count). The Morgan fingerprint density at radius 2 is 2.33 bits per heavy atom. The number of esters is 1. The summed E-state index contributed by atoms with van der Waals surface area (Å²) in [5, 5.41) is 0. The van der Waals surface area contributed by atoms with Crippen LogP contribution in [0.15, 0.2) is 0 Å². The predicted molar refractivity (Wildman–Crippen MR) is 44.7 cm³/mol. The van der Waals surface area contributed by atoms with E-state index in [0.717, 1.165) is 19.4 Å². The van der Waals surface area contributed by atoms with Crippen molar-refractivity contribution in [3.63, 3.8) is 0 Å². The minimum atomic E-state index is 0.0236. The van der Waals surface area contributed by atoms with Gasteiger partial charge < -0.3 is 9.64 Å². The van der Waals surface area contributed by atoms with E-state index < -0.39 is 0 Å². The van der Waals surface area contributed by atoms with Crippen LogP contribution in [-0.4, -0.2) is 37.1 Å². The second-order valence-corrected chi connectivity index (χ2v) is 3.64. The number of carbonyl (C=O) groups excluding carboxylic acids is 1. The molecule has 68 valence electrons. The molecule has 12 heavy (non-hydrogen) atoms. The van der Waals surface area contributed by atoms with E-state index in [2.05, 4.69) is 4.90 Å². The molecule has 0 aromatic rings. The van der Waals surface area contributed by atoms with E-state index in [1.54, 1.807) is 0 Å². The molecule has 2 heterocycles. The largest absolute Gasteiger partial charge is 0.465 e. The van der Waals surface area contributed by atoms with Gasteiger partial charge in [0.1, 0.15) is 0 Å².